The van der Waals surface area contributed by atoms with Gasteiger partial charge in [-0.15, -0.1) is 0 Å². The van der Waals surface area contributed by atoms with Crippen molar-refractivity contribution < 1.29 is 0 Å². The Labute approximate surface area is 105 Å². The SMILES string of the molecule is Cn1cnc(/C(N)=C/NNc2ccncc2)c1N. The molecule has 0 aliphatic heterocycles. The summed E-state index contributed by atoms with van der Waals surface area (Å²) < 4.78 is 1.70. The minimum atomic E-state index is 0.453. The van der Waals surface area contributed by atoms with E-state index >= 15 is 0 Å². The number of nitrogens with one attached hydrogen (secondary N) is 2. The first-order valence-corrected chi connectivity index (χ1v) is 5.33. The predicted octanol–water partition coefficient (Wildman–Crippen LogP) is 0.271. The number of aryl methyl sites for hydroxylation is 1. The van der Waals surface area contributed by atoms with E-state index in [2.05, 4.69) is 20.8 Å². The largest absolute Gasteiger partial charge is 0.396 e. The van der Waals surface area contributed by atoms with Crippen molar-refractivity contribution in [1.29, 1.82) is 0 Å². The number of hydrazine groups is 1. The quantitative estimate of drug-likeness (QED) is 0.576. The van der Waals surface area contributed by atoms with Gasteiger partial charge in [0.15, 0.2) is 0 Å². The summed E-state index contributed by atoms with van der Waals surface area (Å²) in [5.41, 5.74) is 19.4. The van der Waals surface area contributed by atoms with E-state index in [1.807, 2.05) is 19.2 Å². The summed E-state index contributed by atoms with van der Waals surface area (Å²) in [4.78, 5) is 8.02. The molecule has 18 heavy (non-hydrogen) atoms. The van der Waals surface area contributed by atoms with Crippen LogP contribution in [0, 0.1) is 0 Å². The molecule has 0 radical (unpaired) electrons. The molecule has 0 aliphatic rings. The highest BCUT2D eigenvalue weighted by atomic mass is 15.3. The molecule has 7 nitrogen and oxygen atoms in total. The summed E-state index contributed by atoms with van der Waals surface area (Å²) in [5, 5.41) is 0. The summed E-state index contributed by atoms with van der Waals surface area (Å²) in [7, 11) is 1.81. The molecule has 0 bridgehead atoms. The van der Waals surface area contributed by atoms with Gasteiger partial charge >= 0.3 is 0 Å². The van der Waals surface area contributed by atoms with E-state index in [9.17, 15) is 0 Å². The zero-order valence-corrected chi connectivity index (χ0v) is 9.96. The topological polar surface area (TPSA) is 107 Å². The molecule has 7 heteroatoms. The van der Waals surface area contributed by atoms with E-state index in [1.54, 1.807) is 29.5 Å². The van der Waals surface area contributed by atoms with Gasteiger partial charge < -0.3 is 26.9 Å². The summed E-state index contributed by atoms with van der Waals surface area (Å²) in [6, 6.07) is 3.65. The Morgan fingerprint density at radius 1 is 1.39 bits per heavy atom. The summed E-state index contributed by atoms with van der Waals surface area (Å²) in [6.45, 7) is 0. The summed E-state index contributed by atoms with van der Waals surface area (Å²) in [6.07, 6.45) is 6.59. The second-order valence-corrected chi connectivity index (χ2v) is 3.69. The van der Waals surface area contributed by atoms with Gasteiger partial charge in [-0.05, 0) is 12.1 Å². The number of nitrogens with zero attached hydrogens (tertiary/aromatic N) is 3. The molecule has 0 unspecified atom stereocenters. The van der Waals surface area contributed by atoms with E-state index in [0.717, 1.165) is 5.69 Å². The van der Waals surface area contributed by atoms with Crippen LogP contribution >= 0.6 is 0 Å². The number of imidazole rings is 1. The Bertz CT molecular complexity index is 544. The average molecular weight is 245 g/mol. The minimum absolute atomic E-state index is 0.453. The molecule has 0 spiro atoms. The molecule has 0 fully saturated rings. The Kier molecular flexibility index (Phi) is 3.33. The Balaban J connectivity index is 2.00. The van der Waals surface area contributed by atoms with Crippen molar-refractivity contribution in [2.24, 2.45) is 12.8 Å². The van der Waals surface area contributed by atoms with Gasteiger partial charge in [-0.1, -0.05) is 0 Å². The molecule has 2 aromatic rings. The van der Waals surface area contributed by atoms with E-state index in [0.29, 0.717) is 17.2 Å². The van der Waals surface area contributed by atoms with Crippen molar-refractivity contribution in [3.05, 3.63) is 42.7 Å². The highest BCUT2D eigenvalue weighted by Crippen LogP contribution is 2.13. The fraction of sp³-hybridized carbons (Fsp3) is 0.0909. The van der Waals surface area contributed by atoms with Crippen LogP contribution in [0.4, 0.5) is 11.5 Å². The van der Waals surface area contributed by atoms with Crippen molar-refractivity contribution in [2.75, 3.05) is 11.2 Å². The van der Waals surface area contributed by atoms with Crippen LogP contribution in [0.2, 0.25) is 0 Å². The van der Waals surface area contributed by atoms with Gasteiger partial charge in [-0.3, -0.25) is 4.98 Å². The smallest absolute Gasteiger partial charge is 0.132 e. The fourth-order valence-corrected chi connectivity index (χ4v) is 1.36. The number of hydrogen-bond donors (Lipinski definition) is 4. The zero-order chi connectivity index (χ0) is 13.0. The van der Waals surface area contributed by atoms with E-state index < -0.39 is 0 Å². The molecule has 0 saturated carbocycles. The van der Waals surface area contributed by atoms with Gasteiger partial charge in [0, 0.05) is 25.6 Å². The molecular weight excluding hydrogens is 230 g/mol. The van der Waals surface area contributed by atoms with Crippen LogP contribution in [0.1, 0.15) is 5.69 Å². The van der Waals surface area contributed by atoms with Crippen LogP contribution in [-0.2, 0) is 7.05 Å². The summed E-state index contributed by atoms with van der Waals surface area (Å²) in [5.74, 6) is 0.523. The lowest BCUT2D eigenvalue weighted by molar-refractivity contribution is 0.925. The molecule has 0 saturated heterocycles. The molecule has 0 aromatic carbocycles. The van der Waals surface area contributed by atoms with Crippen LogP contribution in [-0.4, -0.2) is 14.5 Å². The standard InChI is InChI=1S/C11H15N7/c1-18-7-15-10(11(18)13)9(12)6-16-17-8-2-4-14-5-3-8/h2-7,16H,12-13H2,1H3,(H,14,17)/b9-6-. The number of rotatable bonds is 4. The molecule has 2 aromatic heterocycles. The Hall–Kier alpha value is -2.70. The van der Waals surface area contributed by atoms with Gasteiger partial charge in [-0.2, -0.15) is 0 Å². The monoisotopic (exact) mass is 245 g/mol. The molecule has 0 amide bonds. The lowest BCUT2D eigenvalue weighted by atomic mass is 10.3. The van der Waals surface area contributed by atoms with Crippen molar-refractivity contribution in [3.63, 3.8) is 0 Å². The van der Waals surface area contributed by atoms with Gasteiger partial charge in [0.05, 0.1) is 17.7 Å². The average Bonchev–Trinajstić information content (AvgIpc) is 2.71. The number of nitrogen functional groups attached to an aromatic ring is 1. The second-order valence-electron chi connectivity index (χ2n) is 3.69. The van der Waals surface area contributed by atoms with Gasteiger partial charge in [0.1, 0.15) is 11.5 Å². The minimum Gasteiger partial charge on any atom is -0.396 e. The lowest BCUT2D eigenvalue weighted by Gasteiger charge is -2.06. The molecule has 94 valence electrons. The second kappa shape index (κ2) is 5.09. The zero-order valence-electron chi connectivity index (χ0n) is 9.96. The number of hydrogen-bond acceptors (Lipinski definition) is 6. The molecule has 6 N–H and O–H groups in total. The van der Waals surface area contributed by atoms with Crippen LogP contribution in [0.3, 0.4) is 0 Å². The number of aromatic nitrogens is 3. The molecule has 2 rings (SSSR count). The van der Waals surface area contributed by atoms with E-state index in [-0.39, 0.29) is 0 Å². The summed E-state index contributed by atoms with van der Waals surface area (Å²) >= 11 is 0. The van der Waals surface area contributed by atoms with Crippen LogP contribution < -0.4 is 22.3 Å². The van der Waals surface area contributed by atoms with Gasteiger partial charge in [0.25, 0.3) is 0 Å². The molecule has 0 aliphatic carbocycles. The molecule has 2 heterocycles. The first-order valence-electron chi connectivity index (χ1n) is 5.33. The maximum Gasteiger partial charge on any atom is 0.132 e. The van der Waals surface area contributed by atoms with Crippen molar-refractivity contribution in [2.45, 2.75) is 0 Å². The maximum absolute atomic E-state index is 5.86. The highest BCUT2D eigenvalue weighted by Gasteiger charge is 2.06. The van der Waals surface area contributed by atoms with E-state index in [1.165, 1.54) is 0 Å². The first kappa shape index (κ1) is 11.8. The Morgan fingerprint density at radius 2 is 2.11 bits per heavy atom. The highest BCUT2D eigenvalue weighted by molar-refractivity contribution is 5.67. The third kappa shape index (κ3) is 2.51. The lowest BCUT2D eigenvalue weighted by Crippen LogP contribution is -2.17. The van der Waals surface area contributed by atoms with Gasteiger partial charge in [0.2, 0.25) is 0 Å². The molecular formula is C11H15N7. The number of pyridine rings is 1. The van der Waals surface area contributed by atoms with E-state index in [4.69, 9.17) is 11.5 Å². The first-order chi connectivity index (χ1) is 8.68. The predicted molar refractivity (Wildman–Crippen MR) is 70.8 cm³/mol. The number of nitrogens with two attached hydrogens (primary N) is 2. The molecule has 0 atom stereocenters. The van der Waals surface area contributed by atoms with Crippen molar-refractivity contribution in [3.8, 4) is 0 Å². The fourth-order valence-electron chi connectivity index (χ4n) is 1.36. The van der Waals surface area contributed by atoms with Crippen molar-refractivity contribution >= 4 is 17.2 Å². The van der Waals surface area contributed by atoms with Crippen LogP contribution in [0.15, 0.2) is 37.1 Å². The third-order valence-electron chi connectivity index (χ3n) is 2.38. The third-order valence-corrected chi connectivity index (χ3v) is 2.38. The Morgan fingerprint density at radius 3 is 2.72 bits per heavy atom. The normalized spacial score (nSPS) is 11.3. The van der Waals surface area contributed by atoms with Gasteiger partial charge in [-0.25, -0.2) is 4.98 Å². The van der Waals surface area contributed by atoms with Crippen molar-refractivity contribution in [1.82, 2.24) is 20.0 Å². The van der Waals surface area contributed by atoms with Crippen LogP contribution in [0.5, 0.6) is 0 Å². The number of anilines is 2. The maximum atomic E-state index is 5.86. The van der Waals surface area contributed by atoms with Crippen LogP contribution in [0.25, 0.3) is 5.70 Å².